The summed E-state index contributed by atoms with van der Waals surface area (Å²) < 4.78 is 5.32. The van der Waals surface area contributed by atoms with Gasteiger partial charge in [0.1, 0.15) is 0 Å². The molecule has 5 heteroatoms. The number of aromatic nitrogens is 2. The molecule has 0 amide bonds. The van der Waals surface area contributed by atoms with Crippen molar-refractivity contribution in [2.24, 2.45) is 5.92 Å². The monoisotopic (exact) mass is 171 g/mol. The predicted octanol–water partition coefficient (Wildman–Crippen LogP) is 0.909. The van der Waals surface area contributed by atoms with Gasteiger partial charge in [0.2, 0.25) is 5.13 Å². The Labute approximate surface area is 68.4 Å². The zero-order valence-electron chi connectivity index (χ0n) is 5.99. The summed E-state index contributed by atoms with van der Waals surface area (Å²) >= 11 is 1.29. The smallest absolute Gasteiger partial charge is 0.295 e. The second-order valence-electron chi connectivity index (χ2n) is 2.66. The Kier molecular flexibility index (Phi) is 1.65. The average Bonchev–Trinajstić information content (AvgIpc) is 2.72. The molecule has 11 heavy (non-hydrogen) atoms. The van der Waals surface area contributed by atoms with E-state index in [1.807, 2.05) is 0 Å². The van der Waals surface area contributed by atoms with Gasteiger partial charge in [-0.15, -0.1) is 5.10 Å². The molecule has 1 fully saturated rings. The van der Waals surface area contributed by atoms with Gasteiger partial charge in [-0.3, -0.25) is 0 Å². The SMILES string of the molecule is Nc1nnc(OCC2CC2)s1. The summed E-state index contributed by atoms with van der Waals surface area (Å²) in [6, 6.07) is 0. The van der Waals surface area contributed by atoms with E-state index in [0.717, 1.165) is 12.5 Å². The fraction of sp³-hybridized carbons (Fsp3) is 0.667. The standard InChI is InChI=1S/C6H9N3OS/c7-5-8-9-6(11-5)10-3-4-1-2-4/h4H,1-3H2,(H2,7,8). The van der Waals surface area contributed by atoms with Crippen molar-refractivity contribution in [1.82, 2.24) is 10.2 Å². The van der Waals surface area contributed by atoms with Crippen LogP contribution in [0.25, 0.3) is 0 Å². The third-order valence-electron chi connectivity index (χ3n) is 1.56. The van der Waals surface area contributed by atoms with E-state index in [4.69, 9.17) is 10.5 Å². The molecule has 0 bridgehead atoms. The third-order valence-corrected chi connectivity index (χ3v) is 2.23. The summed E-state index contributed by atoms with van der Waals surface area (Å²) in [5, 5.41) is 8.43. The first-order chi connectivity index (χ1) is 5.34. The molecule has 0 aliphatic heterocycles. The number of nitrogen functional groups attached to an aromatic ring is 1. The molecule has 1 aromatic rings. The minimum atomic E-state index is 0.468. The van der Waals surface area contributed by atoms with Crippen LogP contribution in [0.4, 0.5) is 5.13 Å². The number of nitrogens with two attached hydrogens (primary N) is 1. The van der Waals surface area contributed by atoms with Crippen molar-refractivity contribution < 1.29 is 4.74 Å². The van der Waals surface area contributed by atoms with E-state index >= 15 is 0 Å². The first-order valence-electron chi connectivity index (χ1n) is 3.56. The molecule has 0 saturated heterocycles. The summed E-state index contributed by atoms with van der Waals surface area (Å²) in [6.45, 7) is 0.772. The topological polar surface area (TPSA) is 61.0 Å². The fourth-order valence-electron chi connectivity index (χ4n) is 0.752. The van der Waals surface area contributed by atoms with E-state index in [0.29, 0.717) is 10.3 Å². The molecule has 0 radical (unpaired) electrons. The number of rotatable bonds is 3. The van der Waals surface area contributed by atoms with Gasteiger partial charge >= 0.3 is 0 Å². The van der Waals surface area contributed by atoms with Crippen LogP contribution in [0, 0.1) is 5.92 Å². The number of ether oxygens (including phenoxy) is 1. The first-order valence-corrected chi connectivity index (χ1v) is 4.38. The zero-order valence-corrected chi connectivity index (χ0v) is 6.80. The Morgan fingerprint density at radius 1 is 1.55 bits per heavy atom. The quantitative estimate of drug-likeness (QED) is 0.734. The predicted molar refractivity (Wildman–Crippen MR) is 42.5 cm³/mol. The van der Waals surface area contributed by atoms with Crippen LogP contribution < -0.4 is 10.5 Å². The largest absolute Gasteiger partial charge is 0.469 e. The van der Waals surface area contributed by atoms with Crippen LogP contribution in [-0.4, -0.2) is 16.8 Å². The first kappa shape index (κ1) is 6.84. The molecule has 1 aromatic heterocycles. The van der Waals surface area contributed by atoms with Gasteiger partial charge in [-0.25, -0.2) is 0 Å². The number of hydrogen-bond donors (Lipinski definition) is 1. The molecule has 4 nitrogen and oxygen atoms in total. The van der Waals surface area contributed by atoms with E-state index in [2.05, 4.69) is 10.2 Å². The van der Waals surface area contributed by atoms with E-state index in [9.17, 15) is 0 Å². The Hall–Kier alpha value is -0.840. The molecule has 2 rings (SSSR count). The lowest BCUT2D eigenvalue weighted by Crippen LogP contribution is -1.97. The van der Waals surface area contributed by atoms with Crippen LogP contribution in [-0.2, 0) is 0 Å². The summed E-state index contributed by atoms with van der Waals surface area (Å²) in [5.74, 6) is 0.750. The van der Waals surface area contributed by atoms with Gasteiger partial charge in [0.25, 0.3) is 5.19 Å². The van der Waals surface area contributed by atoms with E-state index in [-0.39, 0.29) is 0 Å². The lowest BCUT2D eigenvalue weighted by Gasteiger charge is -1.96. The fourth-order valence-corrected chi connectivity index (χ4v) is 1.22. The number of hydrogen-bond acceptors (Lipinski definition) is 5. The highest BCUT2D eigenvalue weighted by Crippen LogP contribution is 2.30. The molecule has 1 aliphatic carbocycles. The summed E-state index contributed by atoms with van der Waals surface area (Å²) in [6.07, 6.45) is 2.57. The van der Waals surface area contributed by atoms with Crippen molar-refractivity contribution in [3.05, 3.63) is 0 Å². The minimum absolute atomic E-state index is 0.468. The van der Waals surface area contributed by atoms with Crippen LogP contribution in [0.1, 0.15) is 12.8 Å². The minimum Gasteiger partial charge on any atom is -0.469 e. The Balaban J connectivity index is 1.85. The van der Waals surface area contributed by atoms with Crippen LogP contribution in [0.15, 0.2) is 0 Å². The normalized spacial score (nSPS) is 16.7. The maximum absolute atomic E-state index is 5.37. The van der Waals surface area contributed by atoms with Crippen molar-refractivity contribution in [2.75, 3.05) is 12.3 Å². The lowest BCUT2D eigenvalue weighted by molar-refractivity contribution is 0.296. The molecular weight excluding hydrogens is 162 g/mol. The molecular formula is C6H9N3OS. The van der Waals surface area contributed by atoms with Gasteiger partial charge < -0.3 is 10.5 Å². The lowest BCUT2D eigenvalue weighted by atomic mass is 10.5. The van der Waals surface area contributed by atoms with E-state index in [1.54, 1.807) is 0 Å². The molecule has 1 aliphatic rings. The van der Waals surface area contributed by atoms with Crippen LogP contribution in [0.2, 0.25) is 0 Å². The van der Waals surface area contributed by atoms with Gasteiger partial charge in [0.05, 0.1) is 6.61 Å². The Morgan fingerprint density at radius 3 is 2.91 bits per heavy atom. The van der Waals surface area contributed by atoms with Crippen molar-refractivity contribution >= 4 is 16.5 Å². The van der Waals surface area contributed by atoms with Crippen molar-refractivity contribution in [3.8, 4) is 5.19 Å². The van der Waals surface area contributed by atoms with Gasteiger partial charge in [-0.1, -0.05) is 5.10 Å². The molecule has 1 saturated carbocycles. The van der Waals surface area contributed by atoms with Gasteiger partial charge in [-0.2, -0.15) is 0 Å². The van der Waals surface area contributed by atoms with Crippen LogP contribution >= 0.6 is 11.3 Å². The highest BCUT2D eigenvalue weighted by atomic mass is 32.1. The summed E-state index contributed by atoms with van der Waals surface area (Å²) in [5.41, 5.74) is 5.37. The van der Waals surface area contributed by atoms with Crippen LogP contribution in [0.5, 0.6) is 5.19 Å². The van der Waals surface area contributed by atoms with Crippen molar-refractivity contribution in [2.45, 2.75) is 12.8 Å². The van der Waals surface area contributed by atoms with Gasteiger partial charge in [0.15, 0.2) is 0 Å². The summed E-state index contributed by atoms with van der Waals surface area (Å²) in [7, 11) is 0. The highest BCUT2D eigenvalue weighted by Gasteiger charge is 2.22. The van der Waals surface area contributed by atoms with Crippen molar-refractivity contribution in [3.63, 3.8) is 0 Å². The van der Waals surface area contributed by atoms with E-state index < -0.39 is 0 Å². The molecule has 60 valence electrons. The molecule has 1 heterocycles. The van der Waals surface area contributed by atoms with Gasteiger partial charge in [0, 0.05) is 0 Å². The van der Waals surface area contributed by atoms with Gasteiger partial charge in [-0.05, 0) is 30.1 Å². The maximum atomic E-state index is 5.37. The maximum Gasteiger partial charge on any atom is 0.295 e. The Bertz CT molecular complexity index is 246. The average molecular weight is 171 g/mol. The number of nitrogens with zero attached hydrogens (tertiary/aromatic N) is 2. The van der Waals surface area contributed by atoms with Crippen LogP contribution in [0.3, 0.4) is 0 Å². The zero-order chi connectivity index (χ0) is 7.68. The molecule has 2 N–H and O–H groups in total. The molecule has 0 unspecified atom stereocenters. The highest BCUT2D eigenvalue weighted by molar-refractivity contribution is 7.16. The second-order valence-corrected chi connectivity index (χ2v) is 3.63. The summed E-state index contributed by atoms with van der Waals surface area (Å²) in [4.78, 5) is 0. The Morgan fingerprint density at radius 2 is 2.36 bits per heavy atom. The molecule has 0 spiro atoms. The van der Waals surface area contributed by atoms with Crippen molar-refractivity contribution in [1.29, 1.82) is 0 Å². The molecule has 0 aromatic carbocycles. The molecule has 0 atom stereocenters. The number of anilines is 1. The second kappa shape index (κ2) is 2.65. The third kappa shape index (κ3) is 1.80. The van der Waals surface area contributed by atoms with E-state index in [1.165, 1.54) is 24.2 Å².